The van der Waals surface area contributed by atoms with E-state index < -0.39 is 5.97 Å². The monoisotopic (exact) mass is 397 g/mol. The quantitative estimate of drug-likeness (QED) is 0.488. The summed E-state index contributed by atoms with van der Waals surface area (Å²) in [5.74, 6) is -0.217. The second-order valence-corrected chi connectivity index (χ2v) is 7.19. The van der Waals surface area contributed by atoms with E-state index in [0.717, 1.165) is 12.0 Å². The van der Waals surface area contributed by atoms with Crippen LogP contribution in [0, 0.1) is 5.92 Å². The minimum absolute atomic E-state index is 0.0479. The van der Waals surface area contributed by atoms with Crippen LogP contribution in [-0.4, -0.2) is 30.9 Å². The Morgan fingerprint density at radius 2 is 1.59 bits per heavy atom. The Morgan fingerprint density at radius 3 is 2.17 bits per heavy atom. The van der Waals surface area contributed by atoms with Crippen LogP contribution in [0.3, 0.4) is 0 Å². The molecule has 2 aromatic rings. The topological polar surface area (TPSA) is 81.7 Å². The predicted molar refractivity (Wildman–Crippen MR) is 110 cm³/mol. The fourth-order valence-corrected chi connectivity index (χ4v) is 2.79. The lowest BCUT2D eigenvalue weighted by atomic mass is 9.97. The van der Waals surface area contributed by atoms with Gasteiger partial charge in [-0.25, -0.2) is 4.79 Å². The van der Waals surface area contributed by atoms with Crippen LogP contribution < -0.4 is 10.1 Å². The Labute approximate surface area is 171 Å². The van der Waals surface area contributed by atoms with Crippen molar-refractivity contribution in [3.63, 3.8) is 0 Å². The SMILES string of the molecule is CC(=O)c1ccc(OCC(=O)OCC(=O)N[C@@H](CC(C)C)c2ccccc2)cc1. The van der Waals surface area contributed by atoms with Crippen LogP contribution in [0.1, 0.15) is 49.2 Å². The van der Waals surface area contributed by atoms with Crippen molar-refractivity contribution in [1.82, 2.24) is 5.32 Å². The number of ketones is 1. The van der Waals surface area contributed by atoms with Gasteiger partial charge >= 0.3 is 5.97 Å². The molecule has 0 radical (unpaired) electrons. The Kier molecular flexibility index (Phi) is 8.40. The zero-order valence-corrected chi connectivity index (χ0v) is 17.0. The van der Waals surface area contributed by atoms with Gasteiger partial charge < -0.3 is 14.8 Å². The molecule has 154 valence electrons. The number of rotatable bonds is 10. The molecule has 0 saturated carbocycles. The average molecular weight is 397 g/mol. The van der Waals surface area contributed by atoms with Crippen LogP contribution in [-0.2, 0) is 14.3 Å². The Balaban J connectivity index is 1.79. The number of amides is 1. The van der Waals surface area contributed by atoms with Crippen molar-refractivity contribution in [1.29, 1.82) is 0 Å². The van der Waals surface area contributed by atoms with Crippen molar-refractivity contribution < 1.29 is 23.9 Å². The van der Waals surface area contributed by atoms with Gasteiger partial charge in [-0.15, -0.1) is 0 Å². The summed E-state index contributed by atoms with van der Waals surface area (Å²) in [6.45, 7) is 4.96. The van der Waals surface area contributed by atoms with E-state index in [-0.39, 0.29) is 30.9 Å². The number of nitrogens with one attached hydrogen (secondary N) is 1. The Morgan fingerprint density at radius 1 is 0.931 bits per heavy atom. The normalized spacial score (nSPS) is 11.6. The maximum atomic E-state index is 12.2. The van der Waals surface area contributed by atoms with Gasteiger partial charge in [0, 0.05) is 5.56 Å². The summed E-state index contributed by atoms with van der Waals surface area (Å²) in [6, 6.07) is 16.0. The predicted octanol–water partition coefficient (Wildman–Crippen LogP) is 3.71. The molecule has 0 bridgehead atoms. The first-order valence-corrected chi connectivity index (χ1v) is 9.59. The van der Waals surface area contributed by atoms with E-state index in [0.29, 0.717) is 17.2 Å². The summed E-state index contributed by atoms with van der Waals surface area (Å²) in [6.07, 6.45) is 0.781. The van der Waals surface area contributed by atoms with E-state index in [4.69, 9.17) is 9.47 Å². The molecule has 1 N–H and O–H groups in total. The van der Waals surface area contributed by atoms with E-state index >= 15 is 0 Å². The van der Waals surface area contributed by atoms with Crippen molar-refractivity contribution in [2.24, 2.45) is 5.92 Å². The second-order valence-electron chi connectivity index (χ2n) is 7.19. The third kappa shape index (κ3) is 7.78. The minimum atomic E-state index is -0.643. The van der Waals surface area contributed by atoms with Gasteiger partial charge in [-0.2, -0.15) is 0 Å². The van der Waals surface area contributed by atoms with Crippen LogP contribution >= 0.6 is 0 Å². The molecule has 2 aromatic carbocycles. The van der Waals surface area contributed by atoms with E-state index in [1.807, 2.05) is 30.3 Å². The molecule has 6 heteroatoms. The molecular weight excluding hydrogens is 370 g/mol. The first-order chi connectivity index (χ1) is 13.8. The van der Waals surface area contributed by atoms with Gasteiger partial charge in [0.15, 0.2) is 19.0 Å². The van der Waals surface area contributed by atoms with Gasteiger partial charge in [-0.05, 0) is 49.1 Å². The molecular formula is C23H27NO5. The van der Waals surface area contributed by atoms with Crippen molar-refractivity contribution in [3.8, 4) is 5.75 Å². The zero-order valence-electron chi connectivity index (χ0n) is 17.0. The smallest absolute Gasteiger partial charge is 0.344 e. The van der Waals surface area contributed by atoms with E-state index in [1.165, 1.54) is 6.92 Å². The third-order valence-corrected chi connectivity index (χ3v) is 4.23. The summed E-state index contributed by atoms with van der Waals surface area (Å²) in [4.78, 5) is 35.3. The largest absolute Gasteiger partial charge is 0.482 e. The van der Waals surface area contributed by atoms with Crippen molar-refractivity contribution in [3.05, 3.63) is 65.7 Å². The first-order valence-electron chi connectivity index (χ1n) is 9.59. The summed E-state index contributed by atoms with van der Waals surface area (Å²) in [5, 5.41) is 2.92. The summed E-state index contributed by atoms with van der Waals surface area (Å²) in [7, 11) is 0. The van der Waals surface area contributed by atoms with Crippen LogP contribution in [0.5, 0.6) is 5.75 Å². The van der Waals surface area contributed by atoms with Crippen molar-refractivity contribution in [2.45, 2.75) is 33.2 Å². The highest BCUT2D eigenvalue weighted by Gasteiger charge is 2.17. The highest BCUT2D eigenvalue weighted by molar-refractivity contribution is 5.94. The molecule has 0 aliphatic heterocycles. The van der Waals surface area contributed by atoms with Gasteiger partial charge in [0.2, 0.25) is 0 Å². The van der Waals surface area contributed by atoms with Gasteiger partial charge in [-0.3, -0.25) is 9.59 Å². The first kappa shape index (κ1) is 22.1. The summed E-state index contributed by atoms with van der Waals surface area (Å²) in [5.41, 5.74) is 1.57. The molecule has 0 unspecified atom stereocenters. The van der Waals surface area contributed by atoms with Crippen LogP contribution in [0.25, 0.3) is 0 Å². The molecule has 0 aliphatic carbocycles. The minimum Gasteiger partial charge on any atom is -0.482 e. The van der Waals surface area contributed by atoms with Gasteiger partial charge in [0.05, 0.1) is 6.04 Å². The maximum absolute atomic E-state index is 12.2. The molecule has 0 aromatic heterocycles. The standard InChI is InChI=1S/C23H27NO5/c1-16(2)13-21(19-7-5-4-6-8-19)24-22(26)14-29-23(27)15-28-20-11-9-18(10-12-20)17(3)25/h4-12,16,21H,13-15H2,1-3H3,(H,24,26)/t21-/m0/s1. The number of carbonyl (C=O) groups is 3. The lowest BCUT2D eigenvalue weighted by Crippen LogP contribution is -2.33. The molecule has 6 nitrogen and oxygen atoms in total. The van der Waals surface area contributed by atoms with Crippen LogP contribution in [0.15, 0.2) is 54.6 Å². The molecule has 1 atom stereocenters. The van der Waals surface area contributed by atoms with Gasteiger partial charge in [0.1, 0.15) is 5.75 Å². The molecule has 29 heavy (non-hydrogen) atoms. The Bertz CT molecular complexity index is 815. The average Bonchev–Trinajstić information content (AvgIpc) is 2.71. The van der Waals surface area contributed by atoms with E-state index in [1.54, 1.807) is 24.3 Å². The lowest BCUT2D eigenvalue weighted by Gasteiger charge is -2.21. The molecule has 0 saturated heterocycles. The van der Waals surface area contributed by atoms with Crippen LogP contribution in [0.2, 0.25) is 0 Å². The van der Waals surface area contributed by atoms with E-state index in [9.17, 15) is 14.4 Å². The molecule has 2 rings (SSSR count). The van der Waals surface area contributed by atoms with Gasteiger partial charge in [0.25, 0.3) is 5.91 Å². The molecule has 0 aliphatic rings. The van der Waals surface area contributed by atoms with Crippen LogP contribution in [0.4, 0.5) is 0 Å². The second kappa shape index (κ2) is 11.0. The summed E-state index contributed by atoms with van der Waals surface area (Å²) < 4.78 is 10.3. The van der Waals surface area contributed by atoms with Gasteiger partial charge in [-0.1, -0.05) is 44.2 Å². The molecule has 1 amide bonds. The number of carbonyl (C=O) groups excluding carboxylic acids is 3. The fourth-order valence-electron chi connectivity index (χ4n) is 2.79. The van der Waals surface area contributed by atoms with Crippen molar-refractivity contribution >= 4 is 17.7 Å². The number of hydrogen-bond acceptors (Lipinski definition) is 5. The lowest BCUT2D eigenvalue weighted by molar-refractivity contribution is -0.150. The maximum Gasteiger partial charge on any atom is 0.344 e. The number of hydrogen-bond donors (Lipinski definition) is 1. The summed E-state index contributed by atoms with van der Waals surface area (Å²) >= 11 is 0. The molecule has 0 heterocycles. The van der Waals surface area contributed by atoms with Crippen molar-refractivity contribution in [2.75, 3.05) is 13.2 Å². The third-order valence-electron chi connectivity index (χ3n) is 4.23. The Hall–Kier alpha value is -3.15. The highest BCUT2D eigenvalue weighted by atomic mass is 16.6. The molecule has 0 fully saturated rings. The number of Topliss-reactive ketones (excluding diaryl/α,β-unsaturated/α-hetero) is 1. The zero-order chi connectivity index (χ0) is 21.2. The van der Waals surface area contributed by atoms with E-state index in [2.05, 4.69) is 19.2 Å². The molecule has 0 spiro atoms. The number of ether oxygens (including phenoxy) is 2. The fraction of sp³-hybridized carbons (Fsp3) is 0.348. The highest BCUT2D eigenvalue weighted by Crippen LogP contribution is 2.21. The number of esters is 1. The number of benzene rings is 2.